The van der Waals surface area contributed by atoms with Crippen molar-refractivity contribution >= 4 is 0 Å². The number of benzene rings is 1. The summed E-state index contributed by atoms with van der Waals surface area (Å²) in [7, 11) is 0. The lowest BCUT2D eigenvalue weighted by Crippen LogP contribution is -2.12. The first-order valence-corrected chi connectivity index (χ1v) is 11.0. The van der Waals surface area contributed by atoms with E-state index in [9.17, 15) is 9.50 Å². The molecule has 0 aliphatic carbocycles. The van der Waals surface area contributed by atoms with Crippen LogP contribution in [-0.2, 0) is 13.0 Å². The largest absolute Gasteiger partial charge is 0.392 e. The van der Waals surface area contributed by atoms with Crippen molar-refractivity contribution in [3.8, 4) is 11.1 Å². The molecule has 1 N–H and O–H groups in total. The first kappa shape index (κ1) is 23.3. The standard InChI is InChI=1S/C26H36FNO/c1-6-7-8-9-10-11-12-22-24(20-13-15-21(27)16-14-20)23(17-29)26(19(4)5)28-25(22)18(2)3/h8-9,13-16,18-19,29H,6-7,10-12,17H2,1-5H3. The van der Waals surface area contributed by atoms with Crippen molar-refractivity contribution in [2.45, 2.75) is 85.2 Å². The molecule has 0 saturated heterocycles. The minimum Gasteiger partial charge on any atom is -0.392 e. The highest BCUT2D eigenvalue weighted by molar-refractivity contribution is 5.73. The number of aliphatic hydroxyl groups excluding tert-OH is 1. The fourth-order valence-electron chi connectivity index (χ4n) is 3.84. The Balaban J connectivity index is 2.58. The molecule has 3 heteroatoms. The molecule has 2 rings (SSSR count). The van der Waals surface area contributed by atoms with Gasteiger partial charge in [0.1, 0.15) is 5.82 Å². The Morgan fingerprint density at radius 1 is 0.931 bits per heavy atom. The Morgan fingerprint density at radius 2 is 1.52 bits per heavy atom. The van der Waals surface area contributed by atoms with Crippen molar-refractivity contribution in [1.82, 2.24) is 4.98 Å². The van der Waals surface area contributed by atoms with Crippen LogP contribution in [-0.4, -0.2) is 10.1 Å². The molecule has 1 aromatic heterocycles. The third kappa shape index (κ3) is 5.99. The van der Waals surface area contributed by atoms with Crippen LogP contribution in [0.15, 0.2) is 36.4 Å². The van der Waals surface area contributed by atoms with Gasteiger partial charge in [0.15, 0.2) is 0 Å². The molecule has 29 heavy (non-hydrogen) atoms. The Bertz CT molecular complexity index is 806. The van der Waals surface area contributed by atoms with Gasteiger partial charge in [-0.25, -0.2) is 4.39 Å². The summed E-state index contributed by atoms with van der Waals surface area (Å²) >= 11 is 0. The number of hydrogen-bond acceptors (Lipinski definition) is 2. The van der Waals surface area contributed by atoms with Gasteiger partial charge in [-0.2, -0.15) is 0 Å². The Labute approximate surface area is 175 Å². The molecule has 0 radical (unpaired) electrons. The van der Waals surface area contributed by atoms with Gasteiger partial charge in [-0.05, 0) is 66.3 Å². The molecule has 1 heterocycles. The zero-order valence-corrected chi connectivity index (χ0v) is 18.6. The molecular weight excluding hydrogens is 361 g/mol. The van der Waals surface area contributed by atoms with Crippen LogP contribution in [0, 0.1) is 5.82 Å². The van der Waals surface area contributed by atoms with Gasteiger partial charge in [0.2, 0.25) is 0 Å². The van der Waals surface area contributed by atoms with E-state index in [0.717, 1.165) is 53.8 Å². The topological polar surface area (TPSA) is 33.1 Å². The van der Waals surface area contributed by atoms with Crippen molar-refractivity contribution in [2.24, 2.45) is 0 Å². The highest BCUT2D eigenvalue weighted by Gasteiger charge is 2.23. The van der Waals surface area contributed by atoms with Crippen LogP contribution < -0.4 is 0 Å². The first-order valence-electron chi connectivity index (χ1n) is 11.0. The van der Waals surface area contributed by atoms with Crippen molar-refractivity contribution in [2.75, 3.05) is 0 Å². The summed E-state index contributed by atoms with van der Waals surface area (Å²) in [6, 6.07) is 6.64. The predicted molar refractivity (Wildman–Crippen MR) is 121 cm³/mol. The molecule has 0 bridgehead atoms. The maximum absolute atomic E-state index is 13.6. The number of halogens is 1. The number of rotatable bonds is 10. The molecular formula is C26H36FNO. The van der Waals surface area contributed by atoms with E-state index in [1.807, 2.05) is 12.1 Å². The van der Waals surface area contributed by atoms with Crippen molar-refractivity contribution in [3.05, 3.63) is 64.7 Å². The van der Waals surface area contributed by atoms with E-state index in [-0.39, 0.29) is 24.3 Å². The van der Waals surface area contributed by atoms with Crippen LogP contribution in [0.5, 0.6) is 0 Å². The van der Waals surface area contributed by atoms with Gasteiger partial charge in [0, 0.05) is 17.0 Å². The molecule has 0 aliphatic rings. The van der Waals surface area contributed by atoms with E-state index in [4.69, 9.17) is 4.98 Å². The Morgan fingerprint density at radius 3 is 2.07 bits per heavy atom. The lowest BCUT2D eigenvalue weighted by atomic mass is 9.85. The second-order valence-corrected chi connectivity index (χ2v) is 8.34. The number of hydrogen-bond donors (Lipinski definition) is 1. The van der Waals surface area contributed by atoms with Gasteiger partial charge in [-0.15, -0.1) is 0 Å². The number of aromatic nitrogens is 1. The van der Waals surface area contributed by atoms with E-state index in [1.165, 1.54) is 24.1 Å². The number of pyridine rings is 1. The minimum atomic E-state index is -0.246. The fraction of sp³-hybridized carbons (Fsp3) is 0.500. The van der Waals surface area contributed by atoms with E-state index >= 15 is 0 Å². The van der Waals surface area contributed by atoms with Crippen molar-refractivity contribution in [1.29, 1.82) is 0 Å². The average molecular weight is 398 g/mol. The zero-order chi connectivity index (χ0) is 21.4. The van der Waals surface area contributed by atoms with E-state index in [1.54, 1.807) is 0 Å². The van der Waals surface area contributed by atoms with Crippen LogP contribution in [0.25, 0.3) is 11.1 Å². The van der Waals surface area contributed by atoms with Crippen LogP contribution >= 0.6 is 0 Å². The molecule has 0 aliphatic heterocycles. The van der Waals surface area contributed by atoms with Crippen molar-refractivity contribution in [3.63, 3.8) is 0 Å². The van der Waals surface area contributed by atoms with Crippen molar-refractivity contribution < 1.29 is 9.50 Å². The number of allylic oxidation sites excluding steroid dienone is 2. The zero-order valence-electron chi connectivity index (χ0n) is 18.6. The quantitative estimate of drug-likeness (QED) is 0.337. The molecule has 0 saturated carbocycles. The lowest BCUT2D eigenvalue weighted by molar-refractivity contribution is 0.279. The molecule has 0 fully saturated rings. The summed E-state index contributed by atoms with van der Waals surface area (Å²) in [6.45, 7) is 10.7. The molecule has 0 spiro atoms. The van der Waals surface area contributed by atoms with Crippen LogP contribution in [0.4, 0.5) is 4.39 Å². The van der Waals surface area contributed by atoms with E-state index in [0.29, 0.717) is 0 Å². The normalized spacial score (nSPS) is 11.9. The summed E-state index contributed by atoms with van der Waals surface area (Å²) in [5.74, 6) is 0.245. The maximum Gasteiger partial charge on any atom is 0.123 e. The second kappa shape index (κ2) is 11.3. The summed E-state index contributed by atoms with van der Waals surface area (Å²) in [4.78, 5) is 5.02. The summed E-state index contributed by atoms with van der Waals surface area (Å²) in [5, 5.41) is 10.3. The number of nitrogens with zero attached hydrogens (tertiary/aromatic N) is 1. The van der Waals surface area contributed by atoms with Crippen LogP contribution in [0.1, 0.15) is 94.7 Å². The minimum absolute atomic E-state index is 0.0605. The average Bonchev–Trinajstić information content (AvgIpc) is 2.70. The summed E-state index contributed by atoms with van der Waals surface area (Å²) < 4.78 is 13.6. The van der Waals surface area contributed by atoms with Gasteiger partial charge < -0.3 is 5.11 Å². The Kier molecular flexibility index (Phi) is 9.03. The molecule has 2 aromatic rings. The Hall–Kier alpha value is -2.00. The maximum atomic E-state index is 13.6. The smallest absolute Gasteiger partial charge is 0.123 e. The first-order chi connectivity index (χ1) is 13.9. The molecule has 0 unspecified atom stereocenters. The molecule has 2 nitrogen and oxygen atoms in total. The SMILES string of the molecule is CCCC=CCCCc1c(C(C)C)nc(C(C)C)c(CO)c1-c1ccc(F)cc1. The van der Waals surface area contributed by atoms with Gasteiger partial charge in [-0.3, -0.25) is 4.98 Å². The third-order valence-electron chi connectivity index (χ3n) is 5.27. The summed E-state index contributed by atoms with van der Waals surface area (Å²) in [6.07, 6.45) is 9.76. The molecule has 0 atom stereocenters. The fourth-order valence-corrected chi connectivity index (χ4v) is 3.84. The highest BCUT2D eigenvalue weighted by atomic mass is 19.1. The van der Waals surface area contributed by atoms with E-state index in [2.05, 4.69) is 46.8 Å². The van der Waals surface area contributed by atoms with Gasteiger partial charge in [0.05, 0.1) is 6.61 Å². The van der Waals surface area contributed by atoms with Gasteiger partial charge in [0.25, 0.3) is 0 Å². The van der Waals surface area contributed by atoms with Gasteiger partial charge in [-0.1, -0.05) is 65.3 Å². The second-order valence-electron chi connectivity index (χ2n) is 8.34. The summed E-state index contributed by atoms with van der Waals surface area (Å²) in [5.41, 5.74) is 6.13. The monoisotopic (exact) mass is 397 g/mol. The molecule has 158 valence electrons. The molecule has 1 aromatic carbocycles. The number of aliphatic hydroxyl groups is 1. The van der Waals surface area contributed by atoms with Gasteiger partial charge >= 0.3 is 0 Å². The predicted octanol–water partition coefficient (Wildman–Crippen LogP) is 7.31. The third-order valence-corrected chi connectivity index (χ3v) is 5.27. The van der Waals surface area contributed by atoms with E-state index < -0.39 is 0 Å². The van der Waals surface area contributed by atoms with Crippen LogP contribution in [0.3, 0.4) is 0 Å². The molecule has 0 amide bonds. The number of unbranched alkanes of at least 4 members (excludes halogenated alkanes) is 2. The van der Waals surface area contributed by atoms with Crippen LogP contribution in [0.2, 0.25) is 0 Å². The lowest BCUT2D eigenvalue weighted by Gasteiger charge is -2.24. The highest BCUT2D eigenvalue weighted by Crippen LogP contribution is 2.37.